The van der Waals surface area contributed by atoms with Crippen LogP contribution in [0.5, 0.6) is 0 Å². The molecule has 0 unspecified atom stereocenters. The summed E-state index contributed by atoms with van der Waals surface area (Å²) in [6.45, 7) is 5.18. The first-order valence-corrected chi connectivity index (χ1v) is 5.92. The van der Waals surface area contributed by atoms with Crippen molar-refractivity contribution in [3.05, 3.63) is 0 Å². The van der Waals surface area contributed by atoms with Crippen molar-refractivity contribution >= 4 is 6.09 Å². The molecule has 0 radical (unpaired) electrons. The van der Waals surface area contributed by atoms with E-state index < -0.39 is 0 Å². The molecule has 0 bridgehead atoms. The molecule has 4 heteroatoms. The Morgan fingerprint density at radius 2 is 2.33 bits per heavy atom. The van der Waals surface area contributed by atoms with Crippen molar-refractivity contribution in [3.8, 4) is 0 Å². The average molecular weight is 212 g/mol. The Hall–Kier alpha value is -0.770. The molecule has 2 fully saturated rings. The summed E-state index contributed by atoms with van der Waals surface area (Å²) >= 11 is 0. The molecule has 1 amide bonds. The van der Waals surface area contributed by atoms with Gasteiger partial charge in [-0.1, -0.05) is 13.3 Å². The number of amides is 1. The van der Waals surface area contributed by atoms with Crippen LogP contribution in [0.15, 0.2) is 0 Å². The number of piperazine rings is 1. The molecule has 0 aromatic heterocycles. The van der Waals surface area contributed by atoms with Crippen molar-refractivity contribution in [1.29, 1.82) is 0 Å². The van der Waals surface area contributed by atoms with Gasteiger partial charge in [0.05, 0.1) is 6.61 Å². The molecule has 1 spiro atoms. The van der Waals surface area contributed by atoms with Gasteiger partial charge in [0, 0.05) is 25.2 Å². The first-order valence-electron chi connectivity index (χ1n) is 5.92. The molecule has 0 aromatic carbocycles. The molecule has 1 saturated carbocycles. The first-order chi connectivity index (χ1) is 7.26. The van der Waals surface area contributed by atoms with Crippen molar-refractivity contribution in [1.82, 2.24) is 10.2 Å². The van der Waals surface area contributed by atoms with Gasteiger partial charge in [-0.15, -0.1) is 0 Å². The minimum atomic E-state index is -0.128. The van der Waals surface area contributed by atoms with Gasteiger partial charge in [0.2, 0.25) is 0 Å². The van der Waals surface area contributed by atoms with Gasteiger partial charge in [-0.3, -0.25) is 0 Å². The largest absolute Gasteiger partial charge is 0.449 e. The minimum absolute atomic E-state index is 0.128. The van der Waals surface area contributed by atoms with E-state index in [1.165, 1.54) is 12.8 Å². The molecule has 15 heavy (non-hydrogen) atoms. The van der Waals surface area contributed by atoms with Gasteiger partial charge in [-0.2, -0.15) is 0 Å². The molecule has 1 N–H and O–H groups in total. The van der Waals surface area contributed by atoms with E-state index in [-0.39, 0.29) is 11.6 Å². The number of nitrogens with one attached hydrogen (secondary N) is 1. The summed E-state index contributed by atoms with van der Waals surface area (Å²) in [6, 6.07) is 0. The fraction of sp³-hybridized carbons (Fsp3) is 0.909. The number of carbonyl (C=O) groups excluding carboxylic acids is 1. The fourth-order valence-electron chi connectivity index (χ4n) is 1.99. The van der Waals surface area contributed by atoms with Crippen LogP contribution < -0.4 is 5.32 Å². The second kappa shape index (κ2) is 4.39. The number of unbranched alkanes of at least 4 members (excludes halogenated alkanes) is 1. The molecule has 2 rings (SSSR count). The van der Waals surface area contributed by atoms with E-state index in [9.17, 15) is 4.79 Å². The number of hydrogen-bond donors (Lipinski definition) is 1. The summed E-state index contributed by atoms with van der Waals surface area (Å²) in [7, 11) is 0. The molecule has 1 aliphatic heterocycles. The zero-order chi connectivity index (χ0) is 10.7. The zero-order valence-corrected chi connectivity index (χ0v) is 9.42. The third-order valence-electron chi connectivity index (χ3n) is 3.21. The quantitative estimate of drug-likeness (QED) is 0.718. The third kappa shape index (κ3) is 2.62. The SMILES string of the molecule is CCCCOC(=O)N1CCNC2(CC2)C1. The maximum absolute atomic E-state index is 11.7. The maximum Gasteiger partial charge on any atom is 0.409 e. The monoisotopic (exact) mass is 212 g/mol. The number of rotatable bonds is 3. The van der Waals surface area contributed by atoms with Gasteiger partial charge in [-0.05, 0) is 19.3 Å². The zero-order valence-electron chi connectivity index (χ0n) is 9.42. The highest BCUT2D eigenvalue weighted by molar-refractivity contribution is 5.68. The lowest BCUT2D eigenvalue weighted by Gasteiger charge is -2.33. The topological polar surface area (TPSA) is 41.6 Å². The highest BCUT2D eigenvalue weighted by atomic mass is 16.6. The Bertz CT molecular complexity index is 239. The number of carbonyl (C=O) groups is 1. The van der Waals surface area contributed by atoms with Gasteiger partial charge >= 0.3 is 6.09 Å². The summed E-state index contributed by atoms with van der Waals surface area (Å²) in [4.78, 5) is 13.5. The van der Waals surface area contributed by atoms with Crippen LogP contribution in [0.1, 0.15) is 32.6 Å². The molecule has 0 aromatic rings. The predicted octanol–water partition coefficient (Wildman–Crippen LogP) is 1.36. The van der Waals surface area contributed by atoms with Crippen molar-refractivity contribution in [2.75, 3.05) is 26.2 Å². The summed E-state index contributed by atoms with van der Waals surface area (Å²) in [5, 5.41) is 3.47. The lowest BCUT2D eigenvalue weighted by atomic mass is 10.2. The van der Waals surface area contributed by atoms with E-state index in [1.54, 1.807) is 0 Å². The number of nitrogens with zero attached hydrogens (tertiary/aromatic N) is 1. The normalized spacial score (nSPS) is 22.9. The van der Waals surface area contributed by atoms with Crippen LogP contribution in [0.2, 0.25) is 0 Å². The van der Waals surface area contributed by atoms with Crippen molar-refractivity contribution < 1.29 is 9.53 Å². The smallest absolute Gasteiger partial charge is 0.409 e. The van der Waals surface area contributed by atoms with Crippen LogP contribution in [0.4, 0.5) is 4.79 Å². The number of hydrogen-bond acceptors (Lipinski definition) is 3. The van der Waals surface area contributed by atoms with Gasteiger partial charge in [0.1, 0.15) is 0 Å². The standard InChI is InChI=1S/C11H20N2O2/c1-2-3-8-15-10(14)13-7-6-12-11(9-13)4-5-11/h12H,2-9H2,1H3. The molecule has 1 aliphatic carbocycles. The van der Waals surface area contributed by atoms with Crippen LogP contribution in [-0.2, 0) is 4.74 Å². The van der Waals surface area contributed by atoms with Crippen LogP contribution >= 0.6 is 0 Å². The van der Waals surface area contributed by atoms with Crippen LogP contribution in [-0.4, -0.2) is 42.8 Å². The molecule has 4 nitrogen and oxygen atoms in total. The van der Waals surface area contributed by atoms with Crippen LogP contribution in [0, 0.1) is 0 Å². The number of ether oxygens (including phenoxy) is 1. The van der Waals surface area contributed by atoms with E-state index in [2.05, 4.69) is 12.2 Å². The van der Waals surface area contributed by atoms with Gasteiger partial charge < -0.3 is 15.0 Å². The molecular weight excluding hydrogens is 192 g/mol. The second-order valence-electron chi connectivity index (χ2n) is 4.60. The summed E-state index contributed by atoms with van der Waals surface area (Å²) in [6.07, 6.45) is 4.30. The third-order valence-corrected chi connectivity index (χ3v) is 3.21. The van der Waals surface area contributed by atoms with Crippen LogP contribution in [0.25, 0.3) is 0 Å². The lowest BCUT2D eigenvalue weighted by Crippen LogP contribution is -2.54. The highest BCUT2D eigenvalue weighted by Gasteiger charge is 2.46. The summed E-state index contributed by atoms with van der Waals surface area (Å²) < 4.78 is 5.20. The predicted molar refractivity (Wildman–Crippen MR) is 57.8 cm³/mol. The van der Waals surface area contributed by atoms with E-state index in [4.69, 9.17) is 4.74 Å². The molecular formula is C11H20N2O2. The van der Waals surface area contributed by atoms with Crippen molar-refractivity contribution in [2.45, 2.75) is 38.1 Å². The van der Waals surface area contributed by atoms with Crippen molar-refractivity contribution in [2.24, 2.45) is 0 Å². The minimum Gasteiger partial charge on any atom is -0.449 e. The van der Waals surface area contributed by atoms with Crippen molar-refractivity contribution in [3.63, 3.8) is 0 Å². The Balaban J connectivity index is 1.74. The van der Waals surface area contributed by atoms with Gasteiger partial charge in [0.25, 0.3) is 0 Å². The van der Waals surface area contributed by atoms with E-state index >= 15 is 0 Å². The van der Waals surface area contributed by atoms with Gasteiger partial charge in [-0.25, -0.2) is 4.79 Å². The molecule has 86 valence electrons. The van der Waals surface area contributed by atoms with E-state index in [1.807, 2.05) is 4.90 Å². The maximum atomic E-state index is 11.7. The highest BCUT2D eigenvalue weighted by Crippen LogP contribution is 2.37. The Morgan fingerprint density at radius 1 is 1.53 bits per heavy atom. The van der Waals surface area contributed by atoms with Gasteiger partial charge in [0.15, 0.2) is 0 Å². The summed E-state index contributed by atoms with van der Waals surface area (Å²) in [5.41, 5.74) is 0.252. The first kappa shape index (κ1) is 10.7. The Kier molecular flexibility index (Phi) is 3.14. The Labute approximate surface area is 91.0 Å². The molecule has 2 aliphatic rings. The molecule has 0 atom stereocenters. The second-order valence-corrected chi connectivity index (χ2v) is 4.60. The Morgan fingerprint density at radius 3 is 3.00 bits per heavy atom. The lowest BCUT2D eigenvalue weighted by molar-refractivity contribution is 0.0871. The molecule has 1 saturated heterocycles. The fourth-order valence-corrected chi connectivity index (χ4v) is 1.99. The molecule has 1 heterocycles. The van der Waals surface area contributed by atoms with E-state index in [0.29, 0.717) is 6.61 Å². The summed E-state index contributed by atoms with van der Waals surface area (Å²) in [5.74, 6) is 0. The van der Waals surface area contributed by atoms with Crippen LogP contribution in [0.3, 0.4) is 0 Å². The average Bonchev–Trinajstić information content (AvgIpc) is 2.98. The van der Waals surface area contributed by atoms with E-state index in [0.717, 1.165) is 32.5 Å².